The van der Waals surface area contributed by atoms with Crippen molar-refractivity contribution < 1.29 is 4.74 Å². The van der Waals surface area contributed by atoms with Crippen molar-refractivity contribution in [2.24, 2.45) is 0 Å². The Labute approximate surface area is 85.2 Å². The van der Waals surface area contributed by atoms with Crippen molar-refractivity contribution >= 4 is 17.3 Å². The number of hydrogen-bond acceptors (Lipinski definition) is 2. The van der Waals surface area contributed by atoms with Gasteiger partial charge in [0.15, 0.2) is 5.11 Å². The summed E-state index contributed by atoms with van der Waals surface area (Å²) in [4.78, 5) is 0. The van der Waals surface area contributed by atoms with Gasteiger partial charge in [-0.2, -0.15) is 0 Å². The second-order valence-electron chi connectivity index (χ2n) is 3.66. The summed E-state index contributed by atoms with van der Waals surface area (Å²) in [6, 6.07) is 0. The first-order valence-electron chi connectivity index (χ1n) is 4.80. The average molecular weight is 202 g/mol. The largest absolute Gasteiger partial charge is 0.381 e. The zero-order valence-corrected chi connectivity index (χ0v) is 9.17. The van der Waals surface area contributed by atoms with Gasteiger partial charge in [-0.1, -0.05) is 0 Å². The van der Waals surface area contributed by atoms with Crippen LogP contribution in [0.3, 0.4) is 0 Å². The lowest BCUT2D eigenvalue weighted by Crippen LogP contribution is -2.52. The Kier molecular flexibility index (Phi) is 3.93. The van der Waals surface area contributed by atoms with Crippen molar-refractivity contribution in [1.82, 2.24) is 10.6 Å². The molecule has 1 rings (SSSR count). The van der Waals surface area contributed by atoms with Gasteiger partial charge in [0.2, 0.25) is 0 Å². The van der Waals surface area contributed by atoms with Crippen LogP contribution in [0.25, 0.3) is 0 Å². The lowest BCUT2D eigenvalue weighted by Gasteiger charge is -2.35. The highest BCUT2D eigenvalue weighted by Gasteiger charge is 2.27. The zero-order valence-electron chi connectivity index (χ0n) is 8.35. The Morgan fingerprint density at radius 3 is 2.62 bits per heavy atom. The number of ether oxygens (including phenoxy) is 1. The summed E-state index contributed by atoms with van der Waals surface area (Å²) in [5.41, 5.74) is 0.123. The summed E-state index contributed by atoms with van der Waals surface area (Å²) in [5.74, 6) is 0. The van der Waals surface area contributed by atoms with E-state index in [9.17, 15) is 0 Å². The minimum atomic E-state index is 0.123. The lowest BCUT2D eigenvalue weighted by molar-refractivity contribution is 0.0524. The first-order chi connectivity index (χ1) is 6.16. The zero-order chi connectivity index (χ0) is 9.73. The van der Waals surface area contributed by atoms with Crippen LogP contribution in [0.1, 0.15) is 26.7 Å². The molecule has 1 heterocycles. The lowest BCUT2D eigenvalue weighted by atomic mass is 9.93. The predicted molar refractivity (Wildman–Crippen MR) is 57.9 cm³/mol. The van der Waals surface area contributed by atoms with E-state index in [0.717, 1.165) is 37.7 Å². The van der Waals surface area contributed by atoms with Gasteiger partial charge in [0, 0.05) is 25.3 Å². The Morgan fingerprint density at radius 1 is 1.46 bits per heavy atom. The van der Waals surface area contributed by atoms with Crippen molar-refractivity contribution in [1.29, 1.82) is 0 Å². The van der Waals surface area contributed by atoms with E-state index in [4.69, 9.17) is 17.0 Å². The summed E-state index contributed by atoms with van der Waals surface area (Å²) in [7, 11) is 0. The van der Waals surface area contributed by atoms with Gasteiger partial charge in [0.05, 0.1) is 0 Å². The molecule has 0 aromatic heterocycles. The third-order valence-corrected chi connectivity index (χ3v) is 2.60. The van der Waals surface area contributed by atoms with Crippen LogP contribution in [0, 0.1) is 0 Å². The maximum atomic E-state index is 5.30. The van der Waals surface area contributed by atoms with Crippen LogP contribution in [-0.2, 0) is 4.74 Å². The van der Waals surface area contributed by atoms with Crippen molar-refractivity contribution in [3.63, 3.8) is 0 Å². The third-order valence-electron chi connectivity index (χ3n) is 2.35. The predicted octanol–water partition coefficient (Wildman–Crippen LogP) is 1.04. The molecule has 1 aliphatic rings. The van der Waals surface area contributed by atoms with Crippen molar-refractivity contribution in [2.45, 2.75) is 32.2 Å². The molecule has 0 atom stereocenters. The molecule has 1 saturated heterocycles. The molecular weight excluding hydrogens is 184 g/mol. The molecule has 0 spiro atoms. The molecule has 0 amide bonds. The molecule has 76 valence electrons. The Morgan fingerprint density at radius 2 is 2.08 bits per heavy atom. The number of rotatable bonds is 2. The molecule has 0 radical (unpaired) electrons. The summed E-state index contributed by atoms with van der Waals surface area (Å²) in [6.07, 6.45) is 2.05. The molecule has 1 aliphatic heterocycles. The van der Waals surface area contributed by atoms with E-state index in [-0.39, 0.29) is 5.54 Å². The second-order valence-corrected chi connectivity index (χ2v) is 4.07. The monoisotopic (exact) mass is 202 g/mol. The molecule has 0 aromatic rings. The van der Waals surface area contributed by atoms with Crippen LogP contribution in [-0.4, -0.2) is 30.4 Å². The van der Waals surface area contributed by atoms with E-state index in [1.807, 2.05) is 6.92 Å². The number of nitrogens with one attached hydrogen (secondary N) is 2. The van der Waals surface area contributed by atoms with E-state index >= 15 is 0 Å². The fraction of sp³-hybridized carbons (Fsp3) is 0.889. The summed E-state index contributed by atoms with van der Waals surface area (Å²) in [6.45, 7) is 6.77. The van der Waals surface area contributed by atoms with E-state index in [2.05, 4.69) is 17.6 Å². The van der Waals surface area contributed by atoms with E-state index < -0.39 is 0 Å². The highest BCUT2D eigenvalue weighted by Crippen LogP contribution is 2.19. The van der Waals surface area contributed by atoms with Crippen molar-refractivity contribution in [3.05, 3.63) is 0 Å². The molecule has 2 N–H and O–H groups in total. The fourth-order valence-electron chi connectivity index (χ4n) is 1.43. The Hall–Kier alpha value is -0.350. The number of hydrogen-bond donors (Lipinski definition) is 2. The van der Waals surface area contributed by atoms with Gasteiger partial charge in [-0.25, -0.2) is 0 Å². The minimum Gasteiger partial charge on any atom is -0.381 e. The first-order valence-corrected chi connectivity index (χ1v) is 5.21. The van der Waals surface area contributed by atoms with Crippen LogP contribution in [0.2, 0.25) is 0 Å². The van der Waals surface area contributed by atoms with Crippen molar-refractivity contribution in [2.75, 3.05) is 19.8 Å². The van der Waals surface area contributed by atoms with E-state index in [1.165, 1.54) is 0 Å². The molecule has 0 aromatic carbocycles. The molecule has 0 unspecified atom stereocenters. The van der Waals surface area contributed by atoms with Gasteiger partial charge in [-0.15, -0.1) is 0 Å². The molecule has 13 heavy (non-hydrogen) atoms. The minimum absolute atomic E-state index is 0.123. The van der Waals surface area contributed by atoms with Crippen LogP contribution in [0.15, 0.2) is 0 Å². The van der Waals surface area contributed by atoms with Gasteiger partial charge in [-0.3, -0.25) is 0 Å². The summed E-state index contributed by atoms with van der Waals surface area (Å²) >= 11 is 5.14. The normalized spacial score (nSPS) is 20.8. The summed E-state index contributed by atoms with van der Waals surface area (Å²) < 4.78 is 5.30. The van der Waals surface area contributed by atoms with Crippen LogP contribution >= 0.6 is 12.2 Å². The standard InChI is InChI=1S/C9H18N2OS/c1-3-10-8(13)11-9(2)4-6-12-7-5-9/h3-7H2,1-2H3,(H2,10,11,13). The van der Waals surface area contributed by atoms with Crippen molar-refractivity contribution in [3.8, 4) is 0 Å². The van der Waals surface area contributed by atoms with Gasteiger partial charge < -0.3 is 15.4 Å². The fourth-order valence-corrected chi connectivity index (χ4v) is 1.82. The quantitative estimate of drug-likeness (QED) is 0.656. The highest BCUT2D eigenvalue weighted by molar-refractivity contribution is 7.80. The van der Waals surface area contributed by atoms with E-state index in [1.54, 1.807) is 0 Å². The molecule has 4 heteroatoms. The molecule has 0 saturated carbocycles. The van der Waals surface area contributed by atoms with Gasteiger partial charge in [-0.05, 0) is 38.9 Å². The topological polar surface area (TPSA) is 33.3 Å². The van der Waals surface area contributed by atoms with Crippen LogP contribution in [0.5, 0.6) is 0 Å². The average Bonchev–Trinajstić information content (AvgIpc) is 2.04. The molecular formula is C9H18N2OS. The number of thiocarbonyl (C=S) groups is 1. The molecule has 1 fully saturated rings. The summed E-state index contributed by atoms with van der Waals surface area (Å²) in [5, 5.41) is 7.19. The first kappa shape index (κ1) is 10.7. The van der Waals surface area contributed by atoms with Crippen LogP contribution in [0.4, 0.5) is 0 Å². The van der Waals surface area contributed by atoms with Crippen LogP contribution < -0.4 is 10.6 Å². The molecule has 3 nitrogen and oxygen atoms in total. The van der Waals surface area contributed by atoms with Gasteiger partial charge in [0.25, 0.3) is 0 Å². The Bertz CT molecular complexity index is 178. The van der Waals surface area contributed by atoms with Gasteiger partial charge in [0.1, 0.15) is 0 Å². The third kappa shape index (κ3) is 3.48. The van der Waals surface area contributed by atoms with E-state index in [0.29, 0.717) is 0 Å². The van der Waals surface area contributed by atoms with Gasteiger partial charge >= 0.3 is 0 Å². The second kappa shape index (κ2) is 4.77. The maximum Gasteiger partial charge on any atom is 0.166 e. The smallest absolute Gasteiger partial charge is 0.166 e. The SMILES string of the molecule is CCNC(=S)NC1(C)CCOCC1. The highest BCUT2D eigenvalue weighted by atomic mass is 32.1. The molecule has 0 aliphatic carbocycles. The Balaban J connectivity index is 2.36. The maximum absolute atomic E-state index is 5.30. The molecule has 0 bridgehead atoms.